The van der Waals surface area contributed by atoms with E-state index in [1.165, 1.54) is 43.5 Å². The molecule has 0 spiro atoms. The van der Waals surface area contributed by atoms with Crippen LogP contribution in [-0.2, 0) is 13.7 Å². The molecule has 0 aliphatic rings. The maximum absolute atomic E-state index is 15.1. The van der Waals surface area contributed by atoms with Crippen molar-refractivity contribution in [3.63, 3.8) is 0 Å². The third-order valence-corrected chi connectivity index (χ3v) is 11.0. The standard InChI is InChI=1S/C25H21F9O6S2/c1-37-16-14-19(38-2)21(20(15-16)39-3)41(17-10-6-4-7-11-17,18-12-8-5-9-13-18)40-42(35,36)25(33,34)23(28,29)22(26,27)24(30,31)32/h4-15H,1-3H3. The van der Waals surface area contributed by atoms with Crippen LogP contribution < -0.4 is 14.2 Å². The Bertz CT molecular complexity index is 1440. The summed E-state index contributed by atoms with van der Waals surface area (Å²) < 4.78 is 172. The van der Waals surface area contributed by atoms with Crippen molar-refractivity contribution in [2.24, 2.45) is 0 Å². The van der Waals surface area contributed by atoms with Crippen molar-refractivity contribution in [3.05, 3.63) is 72.8 Å². The van der Waals surface area contributed by atoms with E-state index in [4.69, 9.17) is 17.8 Å². The summed E-state index contributed by atoms with van der Waals surface area (Å²) in [5.74, 6) is -15.7. The van der Waals surface area contributed by atoms with Gasteiger partial charge in [-0.05, 0) is 34.6 Å². The maximum Gasteiger partial charge on any atom is 0.460 e. The fraction of sp³-hybridized carbons (Fsp3) is 0.280. The normalized spacial score (nSPS) is 13.9. The molecule has 0 aliphatic carbocycles. The summed E-state index contributed by atoms with van der Waals surface area (Å²) in [6, 6.07) is 14.8. The highest BCUT2D eigenvalue weighted by atomic mass is 32.3. The molecule has 0 atom stereocenters. The molecule has 6 nitrogen and oxygen atoms in total. The number of rotatable bonds is 11. The molecule has 0 aliphatic heterocycles. The van der Waals surface area contributed by atoms with Crippen LogP contribution >= 0.6 is 10.3 Å². The van der Waals surface area contributed by atoms with Gasteiger partial charge < -0.3 is 14.2 Å². The smallest absolute Gasteiger partial charge is 0.460 e. The molecule has 0 radical (unpaired) electrons. The highest BCUT2D eigenvalue weighted by Gasteiger charge is 2.86. The summed E-state index contributed by atoms with van der Waals surface area (Å²) in [7, 11) is -8.43. The Labute approximate surface area is 235 Å². The maximum atomic E-state index is 15.1. The second kappa shape index (κ2) is 11.4. The van der Waals surface area contributed by atoms with Crippen LogP contribution in [0.1, 0.15) is 0 Å². The van der Waals surface area contributed by atoms with Crippen LogP contribution in [0.25, 0.3) is 0 Å². The van der Waals surface area contributed by atoms with Gasteiger partial charge in [0.15, 0.2) is 0 Å². The van der Waals surface area contributed by atoms with Gasteiger partial charge in [0.05, 0.1) is 21.3 Å². The number of halogens is 9. The summed E-state index contributed by atoms with van der Waals surface area (Å²) in [6.07, 6.45) is -7.26. The highest BCUT2D eigenvalue weighted by Crippen LogP contribution is 2.75. The number of methoxy groups -OCH3 is 3. The van der Waals surface area contributed by atoms with Crippen LogP contribution in [0, 0.1) is 0 Å². The van der Waals surface area contributed by atoms with E-state index in [-0.39, 0.29) is 27.0 Å². The molecule has 0 heterocycles. The SMILES string of the molecule is COc1cc(OC)c(S(OS(=O)(=O)C(F)(F)C(F)(F)C(F)(F)C(F)(F)F)(c2ccccc2)c2ccccc2)c(OC)c1. The van der Waals surface area contributed by atoms with Crippen molar-refractivity contribution >= 4 is 20.4 Å². The van der Waals surface area contributed by atoms with Gasteiger partial charge in [0.25, 0.3) is 0 Å². The van der Waals surface area contributed by atoms with Gasteiger partial charge in [-0.15, -0.1) is 0 Å². The second-order valence-corrected chi connectivity index (χ2v) is 12.7. The Balaban J connectivity index is 2.51. The van der Waals surface area contributed by atoms with Crippen molar-refractivity contribution in [2.75, 3.05) is 21.3 Å². The van der Waals surface area contributed by atoms with Crippen molar-refractivity contribution in [1.82, 2.24) is 0 Å². The topological polar surface area (TPSA) is 71.1 Å². The van der Waals surface area contributed by atoms with Gasteiger partial charge in [-0.2, -0.15) is 47.9 Å². The van der Waals surface area contributed by atoms with E-state index in [2.05, 4.69) is 0 Å². The van der Waals surface area contributed by atoms with E-state index < -0.39 is 48.6 Å². The van der Waals surface area contributed by atoms with Crippen LogP contribution in [0.5, 0.6) is 17.2 Å². The van der Waals surface area contributed by atoms with E-state index in [1.54, 1.807) is 0 Å². The molecule has 0 unspecified atom stereocenters. The van der Waals surface area contributed by atoms with E-state index >= 15 is 8.78 Å². The number of benzene rings is 3. The fourth-order valence-electron chi connectivity index (χ4n) is 3.66. The Hall–Kier alpha value is -3.31. The fourth-order valence-corrected chi connectivity index (χ4v) is 9.10. The zero-order valence-corrected chi connectivity index (χ0v) is 23.2. The number of alkyl halides is 9. The lowest BCUT2D eigenvalue weighted by Gasteiger charge is -2.42. The van der Waals surface area contributed by atoms with Gasteiger partial charge in [-0.25, -0.2) is 3.63 Å². The van der Waals surface area contributed by atoms with Gasteiger partial charge in [0.1, 0.15) is 22.1 Å². The van der Waals surface area contributed by atoms with E-state index in [0.717, 1.165) is 50.6 Å². The second-order valence-electron chi connectivity index (χ2n) is 8.23. The van der Waals surface area contributed by atoms with Crippen LogP contribution in [0.3, 0.4) is 0 Å². The Morgan fingerprint density at radius 2 is 1.00 bits per heavy atom. The Morgan fingerprint density at radius 1 is 0.595 bits per heavy atom. The minimum absolute atomic E-state index is 0.0198. The van der Waals surface area contributed by atoms with Crippen molar-refractivity contribution < 1.29 is 65.8 Å². The Kier molecular flexibility index (Phi) is 9.02. The number of hydrogen-bond acceptors (Lipinski definition) is 6. The van der Waals surface area contributed by atoms with Gasteiger partial charge in [-0.3, -0.25) is 0 Å². The molecule has 3 aromatic carbocycles. The lowest BCUT2D eigenvalue weighted by atomic mass is 10.1. The molecular weight excluding hydrogens is 631 g/mol. The number of hydrogen-bond donors (Lipinski definition) is 0. The third-order valence-electron chi connectivity index (χ3n) is 5.73. The number of ether oxygens (including phenoxy) is 3. The molecule has 42 heavy (non-hydrogen) atoms. The van der Waals surface area contributed by atoms with Crippen molar-refractivity contribution in [1.29, 1.82) is 0 Å². The summed E-state index contributed by atoms with van der Waals surface area (Å²) in [5, 5.41) is -7.13. The zero-order chi connectivity index (χ0) is 31.8. The summed E-state index contributed by atoms with van der Waals surface area (Å²) >= 11 is 0. The lowest BCUT2D eigenvalue weighted by Crippen LogP contribution is -2.63. The largest absolute Gasteiger partial charge is 0.496 e. The van der Waals surface area contributed by atoms with Crippen LogP contribution in [0.4, 0.5) is 39.5 Å². The monoisotopic (exact) mass is 652 g/mol. The van der Waals surface area contributed by atoms with Gasteiger partial charge in [-0.1, -0.05) is 36.4 Å². The molecule has 0 bridgehead atoms. The summed E-state index contributed by atoms with van der Waals surface area (Å²) in [6.45, 7) is 0. The summed E-state index contributed by atoms with van der Waals surface area (Å²) in [4.78, 5) is -1.09. The molecule has 0 N–H and O–H groups in total. The average molecular weight is 653 g/mol. The van der Waals surface area contributed by atoms with Gasteiger partial charge in [0.2, 0.25) is 0 Å². The first kappa shape index (κ1) is 33.2. The van der Waals surface area contributed by atoms with Gasteiger partial charge >= 0.3 is 33.4 Å². The molecular formula is C25H21F9O6S2. The first-order valence-corrected chi connectivity index (χ1v) is 14.2. The highest BCUT2D eigenvalue weighted by molar-refractivity contribution is 8.33. The van der Waals surface area contributed by atoms with Crippen molar-refractivity contribution in [3.8, 4) is 17.2 Å². The quantitative estimate of drug-likeness (QED) is 0.198. The van der Waals surface area contributed by atoms with Crippen LogP contribution in [0.2, 0.25) is 0 Å². The minimum Gasteiger partial charge on any atom is -0.496 e. The molecule has 3 aromatic rings. The van der Waals surface area contributed by atoms with E-state index in [1.807, 2.05) is 0 Å². The molecule has 0 amide bonds. The van der Waals surface area contributed by atoms with Crippen molar-refractivity contribution in [2.45, 2.75) is 38.0 Å². The average Bonchev–Trinajstić information content (AvgIpc) is 2.95. The molecule has 3 rings (SSSR count). The lowest BCUT2D eigenvalue weighted by molar-refractivity contribution is -0.382. The molecule has 0 fully saturated rings. The summed E-state index contributed by atoms with van der Waals surface area (Å²) in [5.41, 5.74) is 0. The first-order valence-electron chi connectivity index (χ1n) is 11.2. The predicted molar refractivity (Wildman–Crippen MR) is 132 cm³/mol. The predicted octanol–water partition coefficient (Wildman–Crippen LogP) is 7.68. The molecule has 0 saturated heterocycles. The third kappa shape index (κ3) is 5.21. The molecule has 0 saturated carbocycles. The van der Waals surface area contributed by atoms with E-state index in [0.29, 0.717) is 0 Å². The van der Waals surface area contributed by atoms with Gasteiger partial charge in [0, 0.05) is 21.9 Å². The minimum atomic E-state index is -7.52. The first-order chi connectivity index (χ1) is 19.4. The van der Waals surface area contributed by atoms with Crippen LogP contribution in [-0.4, -0.2) is 53.0 Å². The zero-order valence-electron chi connectivity index (χ0n) is 21.6. The molecule has 0 aromatic heterocycles. The Morgan fingerprint density at radius 3 is 1.33 bits per heavy atom. The molecule has 17 heteroatoms. The van der Waals surface area contributed by atoms with Crippen LogP contribution in [0.15, 0.2) is 87.5 Å². The van der Waals surface area contributed by atoms with E-state index in [9.17, 15) is 39.2 Å². The molecule has 232 valence electrons.